The lowest BCUT2D eigenvalue weighted by molar-refractivity contribution is -0.135. The van der Waals surface area contributed by atoms with E-state index in [0.29, 0.717) is 18.6 Å². The van der Waals surface area contributed by atoms with Crippen LogP contribution in [0.25, 0.3) is 0 Å². The number of hydrogen-bond donors (Lipinski definition) is 1. The zero-order valence-corrected chi connectivity index (χ0v) is 10.7. The fourth-order valence-corrected chi connectivity index (χ4v) is 3.13. The van der Waals surface area contributed by atoms with E-state index in [4.69, 9.17) is 4.74 Å². The van der Waals surface area contributed by atoms with Crippen molar-refractivity contribution in [2.75, 3.05) is 7.11 Å². The minimum atomic E-state index is -0.410. The van der Waals surface area contributed by atoms with Gasteiger partial charge in [-0.05, 0) is 25.7 Å². The maximum absolute atomic E-state index is 11.3. The maximum atomic E-state index is 11.3. The molecule has 0 bridgehead atoms. The summed E-state index contributed by atoms with van der Waals surface area (Å²) in [7, 11) is 1.34. The number of hydrogen-bond acceptors (Lipinski definition) is 4. The van der Waals surface area contributed by atoms with E-state index in [1.807, 2.05) is 6.08 Å². The molecule has 0 aromatic heterocycles. The van der Waals surface area contributed by atoms with Gasteiger partial charge in [-0.3, -0.25) is 0 Å². The molecule has 1 aliphatic carbocycles. The van der Waals surface area contributed by atoms with Crippen LogP contribution in [0.5, 0.6) is 0 Å². The highest BCUT2D eigenvalue weighted by atomic mass is 16.5. The molecular weight excluding hydrogens is 232 g/mol. The minimum Gasteiger partial charge on any atom is -0.494 e. The van der Waals surface area contributed by atoms with Crippen molar-refractivity contribution in [1.82, 2.24) is 0 Å². The van der Waals surface area contributed by atoms with Gasteiger partial charge in [0.2, 0.25) is 0 Å². The second-order valence-electron chi connectivity index (χ2n) is 5.09. The molecule has 0 amide bonds. The van der Waals surface area contributed by atoms with Crippen LogP contribution in [0.4, 0.5) is 0 Å². The standard InChI is InChI=1S/C14H20O4/c1-3-7-14-9-10(8-13(16)17-2)18-12(14)6-4-5-11(14)15/h3,8,11-12,15H,1,4-7,9H2,2H3/b10-8+/t11-,12+,14+/m1/s1. The number of aliphatic hydroxyl groups is 1. The fourth-order valence-electron chi connectivity index (χ4n) is 3.13. The monoisotopic (exact) mass is 252 g/mol. The molecule has 4 heteroatoms. The number of allylic oxidation sites excluding steroid dienone is 2. The van der Waals surface area contributed by atoms with Gasteiger partial charge in [-0.25, -0.2) is 4.79 Å². The second kappa shape index (κ2) is 5.14. The third-order valence-corrected chi connectivity index (χ3v) is 4.05. The van der Waals surface area contributed by atoms with Crippen molar-refractivity contribution in [3.63, 3.8) is 0 Å². The number of ether oxygens (including phenoxy) is 2. The SMILES string of the molecule is C=CC[C@@]12C/C(=C\C(=O)OC)O[C@H]1CCC[C@H]2O. The smallest absolute Gasteiger partial charge is 0.333 e. The average Bonchev–Trinajstić information content (AvgIpc) is 2.69. The van der Waals surface area contributed by atoms with E-state index in [1.54, 1.807) is 0 Å². The lowest BCUT2D eigenvalue weighted by atomic mass is 9.67. The van der Waals surface area contributed by atoms with Gasteiger partial charge < -0.3 is 14.6 Å². The van der Waals surface area contributed by atoms with Gasteiger partial charge in [-0.1, -0.05) is 6.08 Å². The third-order valence-electron chi connectivity index (χ3n) is 4.05. The number of aliphatic hydroxyl groups excluding tert-OH is 1. The van der Waals surface area contributed by atoms with Crippen LogP contribution in [0.15, 0.2) is 24.5 Å². The first kappa shape index (κ1) is 13.1. The quantitative estimate of drug-likeness (QED) is 0.474. The van der Waals surface area contributed by atoms with Crippen LogP contribution in [0.1, 0.15) is 32.1 Å². The first-order valence-electron chi connectivity index (χ1n) is 6.36. The molecule has 0 radical (unpaired) electrons. The molecule has 2 aliphatic rings. The molecule has 2 rings (SSSR count). The maximum Gasteiger partial charge on any atom is 0.333 e. The number of fused-ring (bicyclic) bond motifs is 1. The predicted molar refractivity (Wildman–Crippen MR) is 66.7 cm³/mol. The average molecular weight is 252 g/mol. The van der Waals surface area contributed by atoms with E-state index in [2.05, 4.69) is 11.3 Å². The van der Waals surface area contributed by atoms with E-state index in [1.165, 1.54) is 13.2 Å². The summed E-state index contributed by atoms with van der Waals surface area (Å²) < 4.78 is 10.4. The first-order chi connectivity index (χ1) is 8.62. The number of methoxy groups -OCH3 is 1. The summed E-state index contributed by atoms with van der Waals surface area (Å²) in [5.41, 5.74) is -0.306. The Labute approximate surface area is 107 Å². The zero-order valence-electron chi connectivity index (χ0n) is 10.7. The molecule has 1 saturated carbocycles. The van der Waals surface area contributed by atoms with E-state index in [9.17, 15) is 9.90 Å². The molecule has 0 spiro atoms. The molecule has 0 unspecified atom stereocenters. The van der Waals surface area contributed by atoms with E-state index < -0.39 is 12.1 Å². The summed E-state index contributed by atoms with van der Waals surface area (Å²) in [6, 6.07) is 0. The Morgan fingerprint density at radius 2 is 2.44 bits per heavy atom. The lowest BCUT2D eigenvalue weighted by Gasteiger charge is -2.40. The summed E-state index contributed by atoms with van der Waals surface area (Å²) in [6.07, 6.45) is 6.76. The largest absolute Gasteiger partial charge is 0.494 e. The van der Waals surface area contributed by atoms with Gasteiger partial charge in [0.05, 0.1) is 19.3 Å². The summed E-state index contributed by atoms with van der Waals surface area (Å²) in [5.74, 6) is 0.210. The van der Waals surface area contributed by atoms with Crippen molar-refractivity contribution >= 4 is 5.97 Å². The lowest BCUT2D eigenvalue weighted by Crippen LogP contribution is -2.45. The Morgan fingerprint density at radius 3 is 3.11 bits per heavy atom. The van der Waals surface area contributed by atoms with Crippen molar-refractivity contribution in [2.45, 2.75) is 44.3 Å². The number of carbonyl (C=O) groups excluding carboxylic acids is 1. The molecule has 4 nitrogen and oxygen atoms in total. The Morgan fingerprint density at radius 1 is 1.67 bits per heavy atom. The van der Waals surface area contributed by atoms with Gasteiger partial charge >= 0.3 is 5.97 Å². The van der Waals surface area contributed by atoms with Gasteiger partial charge in [0.15, 0.2) is 0 Å². The molecule has 0 aromatic carbocycles. The van der Waals surface area contributed by atoms with Crippen LogP contribution in [-0.4, -0.2) is 30.4 Å². The molecule has 100 valence electrons. The Bertz CT molecular complexity index is 374. The summed E-state index contributed by atoms with van der Waals surface area (Å²) in [6.45, 7) is 3.77. The molecule has 2 fully saturated rings. The highest BCUT2D eigenvalue weighted by Crippen LogP contribution is 2.51. The fraction of sp³-hybridized carbons (Fsp3) is 0.643. The van der Waals surface area contributed by atoms with E-state index in [0.717, 1.165) is 19.3 Å². The van der Waals surface area contributed by atoms with Gasteiger partial charge in [0.1, 0.15) is 11.9 Å². The van der Waals surface area contributed by atoms with Gasteiger partial charge in [-0.2, -0.15) is 0 Å². The van der Waals surface area contributed by atoms with Crippen molar-refractivity contribution in [1.29, 1.82) is 0 Å². The zero-order chi connectivity index (χ0) is 13.2. The predicted octanol–water partition coefficient (Wildman–Crippen LogP) is 1.94. The number of carbonyl (C=O) groups is 1. The van der Waals surface area contributed by atoms with Gasteiger partial charge in [0, 0.05) is 11.8 Å². The third kappa shape index (κ3) is 2.17. The summed E-state index contributed by atoms with van der Waals surface area (Å²) >= 11 is 0. The molecular formula is C14H20O4. The van der Waals surface area contributed by atoms with Crippen LogP contribution < -0.4 is 0 Å². The highest BCUT2D eigenvalue weighted by Gasteiger charge is 2.52. The molecule has 3 atom stereocenters. The topological polar surface area (TPSA) is 55.8 Å². The van der Waals surface area contributed by atoms with Crippen molar-refractivity contribution in [2.24, 2.45) is 5.41 Å². The molecule has 0 aromatic rings. The van der Waals surface area contributed by atoms with Crippen LogP contribution in [-0.2, 0) is 14.3 Å². The van der Waals surface area contributed by atoms with Crippen molar-refractivity contribution in [3.05, 3.63) is 24.5 Å². The van der Waals surface area contributed by atoms with Crippen molar-refractivity contribution < 1.29 is 19.4 Å². The highest BCUT2D eigenvalue weighted by molar-refractivity contribution is 5.82. The van der Waals surface area contributed by atoms with Crippen LogP contribution in [0.2, 0.25) is 0 Å². The molecule has 1 aliphatic heterocycles. The van der Waals surface area contributed by atoms with E-state index >= 15 is 0 Å². The Balaban J connectivity index is 2.23. The Kier molecular flexibility index (Phi) is 3.76. The molecule has 1 N–H and O–H groups in total. The van der Waals surface area contributed by atoms with Crippen LogP contribution >= 0.6 is 0 Å². The molecule has 18 heavy (non-hydrogen) atoms. The normalized spacial score (nSPS) is 36.9. The van der Waals surface area contributed by atoms with Crippen molar-refractivity contribution in [3.8, 4) is 0 Å². The van der Waals surface area contributed by atoms with E-state index in [-0.39, 0.29) is 11.5 Å². The molecule has 1 heterocycles. The second-order valence-corrected chi connectivity index (χ2v) is 5.09. The van der Waals surface area contributed by atoms with Gasteiger partial charge in [-0.15, -0.1) is 6.58 Å². The van der Waals surface area contributed by atoms with Crippen LogP contribution in [0.3, 0.4) is 0 Å². The summed E-state index contributed by atoms with van der Waals surface area (Å²) in [5, 5.41) is 10.3. The Hall–Kier alpha value is -1.29. The number of rotatable bonds is 3. The first-order valence-corrected chi connectivity index (χ1v) is 6.36. The molecule has 1 saturated heterocycles. The summed E-state index contributed by atoms with van der Waals surface area (Å²) in [4.78, 5) is 11.3. The minimum absolute atomic E-state index is 0.0184. The van der Waals surface area contributed by atoms with Crippen LogP contribution in [0, 0.1) is 5.41 Å². The number of esters is 1. The van der Waals surface area contributed by atoms with Gasteiger partial charge in [0.25, 0.3) is 0 Å².